The van der Waals surface area contributed by atoms with Gasteiger partial charge in [0.15, 0.2) is 0 Å². The number of benzene rings is 1. The third kappa shape index (κ3) is 3.94. The fourth-order valence-corrected chi connectivity index (χ4v) is 1.79. The normalized spacial score (nSPS) is 16.0. The monoisotopic (exact) mass is 305 g/mol. The molecule has 21 heavy (non-hydrogen) atoms. The van der Waals surface area contributed by atoms with E-state index in [1.165, 1.54) is 7.11 Å². The van der Waals surface area contributed by atoms with E-state index >= 15 is 0 Å². The molecule has 2 rings (SSSR count). The third-order valence-corrected chi connectivity index (χ3v) is 3.00. The number of aliphatic carboxylic acids is 1. The van der Waals surface area contributed by atoms with E-state index in [-0.39, 0.29) is 5.97 Å². The Morgan fingerprint density at radius 1 is 1.24 bits per heavy atom. The number of carboxylic acid groups (broad SMARTS) is 1. The van der Waals surface area contributed by atoms with Crippen LogP contribution in [0.1, 0.15) is 5.56 Å². The van der Waals surface area contributed by atoms with Crippen LogP contribution in [0.3, 0.4) is 0 Å². The van der Waals surface area contributed by atoms with Gasteiger partial charge in [-0.2, -0.15) is 13.2 Å². The molecule has 5 nitrogen and oxygen atoms in total. The maximum Gasteiger partial charge on any atom is 0.490 e. The molecule has 1 aliphatic heterocycles. The summed E-state index contributed by atoms with van der Waals surface area (Å²) in [4.78, 5) is 20.6. The average Bonchev–Trinajstić information content (AvgIpc) is 2.38. The SMILES string of the molecule is COC(=O)C1(c2ccccc2)CNC1.O=C(O)C(F)(F)F. The number of carboxylic acids is 1. The fraction of sp³-hybridized carbons (Fsp3) is 0.385. The predicted molar refractivity (Wildman–Crippen MR) is 66.7 cm³/mol. The minimum atomic E-state index is -5.08. The summed E-state index contributed by atoms with van der Waals surface area (Å²) in [5, 5.41) is 10.2. The first-order valence-corrected chi connectivity index (χ1v) is 5.89. The first-order valence-electron chi connectivity index (χ1n) is 5.89. The molecule has 0 aliphatic carbocycles. The van der Waals surface area contributed by atoms with Gasteiger partial charge >= 0.3 is 18.1 Å². The molecule has 0 unspecified atom stereocenters. The summed E-state index contributed by atoms with van der Waals surface area (Å²) in [6.45, 7) is 1.34. The summed E-state index contributed by atoms with van der Waals surface area (Å²) < 4.78 is 36.6. The van der Waals surface area contributed by atoms with Gasteiger partial charge in [0.2, 0.25) is 0 Å². The zero-order valence-corrected chi connectivity index (χ0v) is 11.1. The summed E-state index contributed by atoms with van der Waals surface area (Å²) in [6.07, 6.45) is -5.08. The lowest BCUT2D eigenvalue weighted by Crippen LogP contribution is -2.61. The molecule has 1 saturated heterocycles. The molecule has 1 aliphatic rings. The molecule has 116 valence electrons. The van der Waals surface area contributed by atoms with Crippen molar-refractivity contribution >= 4 is 11.9 Å². The van der Waals surface area contributed by atoms with E-state index < -0.39 is 17.6 Å². The molecule has 1 aromatic rings. The number of methoxy groups -OCH3 is 1. The first kappa shape index (κ1) is 17.0. The topological polar surface area (TPSA) is 75.6 Å². The van der Waals surface area contributed by atoms with Gasteiger partial charge in [0.05, 0.1) is 7.11 Å². The van der Waals surface area contributed by atoms with Crippen LogP contribution in [0.4, 0.5) is 13.2 Å². The van der Waals surface area contributed by atoms with Gasteiger partial charge in [0, 0.05) is 13.1 Å². The van der Waals surface area contributed by atoms with Crippen LogP contribution in [0, 0.1) is 0 Å². The van der Waals surface area contributed by atoms with E-state index in [4.69, 9.17) is 14.6 Å². The zero-order valence-electron chi connectivity index (χ0n) is 11.1. The number of nitrogens with one attached hydrogen (secondary N) is 1. The molecule has 2 N–H and O–H groups in total. The van der Waals surface area contributed by atoms with Crippen LogP contribution in [-0.2, 0) is 19.7 Å². The number of carbonyl (C=O) groups is 2. The maximum absolute atomic E-state index is 11.7. The number of esters is 1. The van der Waals surface area contributed by atoms with Crippen LogP contribution in [0.5, 0.6) is 0 Å². The lowest BCUT2D eigenvalue weighted by atomic mass is 9.75. The smallest absolute Gasteiger partial charge is 0.475 e. The van der Waals surface area contributed by atoms with E-state index in [0.29, 0.717) is 13.1 Å². The Morgan fingerprint density at radius 2 is 1.71 bits per heavy atom. The van der Waals surface area contributed by atoms with E-state index in [1.54, 1.807) is 0 Å². The van der Waals surface area contributed by atoms with Crippen molar-refractivity contribution in [2.45, 2.75) is 11.6 Å². The van der Waals surface area contributed by atoms with Gasteiger partial charge in [-0.05, 0) is 5.56 Å². The van der Waals surface area contributed by atoms with Crippen molar-refractivity contribution in [2.75, 3.05) is 20.2 Å². The molecule has 0 radical (unpaired) electrons. The number of alkyl halides is 3. The minimum Gasteiger partial charge on any atom is -0.475 e. The Bertz CT molecular complexity index is 498. The Kier molecular flexibility index (Phi) is 5.31. The molecule has 1 aromatic carbocycles. The van der Waals surface area contributed by atoms with Gasteiger partial charge in [0.1, 0.15) is 5.41 Å². The van der Waals surface area contributed by atoms with Gasteiger partial charge in [0.25, 0.3) is 0 Å². The number of carbonyl (C=O) groups excluding carboxylic acids is 1. The minimum absolute atomic E-state index is 0.151. The van der Waals surface area contributed by atoms with Crippen molar-refractivity contribution in [1.29, 1.82) is 0 Å². The Hall–Kier alpha value is -2.09. The Labute approximate surface area is 118 Å². The molecular formula is C13H14F3NO4. The molecule has 0 saturated carbocycles. The zero-order chi connectivity index (χ0) is 16.1. The highest BCUT2D eigenvalue weighted by molar-refractivity contribution is 5.85. The molecule has 0 amide bonds. The van der Waals surface area contributed by atoms with E-state index in [2.05, 4.69) is 5.32 Å². The molecule has 0 spiro atoms. The maximum atomic E-state index is 11.7. The third-order valence-electron chi connectivity index (χ3n) is 3.00. The van der Waals surface area contributed by atoms with E-state index in [0.717, 1.165) is 5.56 Å². The highest BCUT2D eigenvalue weighted by Gasteiger charge is 2.46. The van der Waals surface area contributed by atoms with Gasteiger partial charge in [-0.1, -0.05) is 30.3 Å². The molecule has 0 aromatic heterocycles. The second-order valence-electron chi connectivity index (χ2n) is 4.35. The van der Waals surface area contributed by atoms with E-state index in [1.807, 2.05) is 30.3 Å². The van der Waals surface area contributed by atoms with Crippen molar-refractivity contribution < 1.29 is 32.6 Å². The lowest BCUT2D eigenvalue weighted by molar-refractivity contribution is -0.192. The van der Waals surface area contributed by atoms with E-state index in [9.17, 15) is 18.0 Å². The van der Waals surface area contributed by atoms with Gasteiger partial charge in [-0.15, -0.1) is 0 Å². The van der Waals surface area contributed by atoms with Gasteiger partial charge in [-0.3, -0.25) is 4.79 Å². The molecule has 0 atom stereocenters. The summed E-state index contributed by atoms with van der Waals surface area (Å²) in [5.41, 5.74) is 0.585. The largest absolute Gasteiger partial charge is 0.490 e. The van der Waals surface area contributed by atoms with Gasteiger partial charge < -0.3 is 15.2 Å². The number of halogens is 3. The molecular weight excluding hydrogens is 291 g/mol. The fourth-order valence-electron chi connectivity index (χ4n) is 1.79. The Balaban J connectivity index is 0.000000270. The lowest BCUT2D eigenvalue weighted by Gasteiger charge is -2.40. The second-order valence-corrected chi connectivity index (χ2v) is 4.35. The van der Waals surface area contributed by atoms with Crippen molar-refractivity contribution in [3.8, 4) is 0 Å². The summed E-state index contributed by atoms with van der Waals surface area (Å²) >= 11 is 0. The van der Waals surface area contributed by atoms with Crippen molar-refractivity contribution in [2.24, 2.45) is 0 Å². The van der Waals surface area contributed by atoms with Crippen LogP contribution in [0.15, 0.2) is 30.3 Å². The second kappa shape index (κ2) is 6.57. The van der Waals surface area contributed by atoms with Crippen LogP contribution < -0.4 is 5.32 Å². The Morgan fingerprint density at radius 3 is 2.00 bits per heavy atom. The number of rotatable bonds is 2. The predicted octanol–water partition coefficient (Wildman–Crippen LogP) is 1.33. The molecule has 1 fully saturated rings. The van der Waals surface area contributed by atoms with Crippen molar-refractivity contribution in [3.05, 3.63) is 35.9 Å². The molecule has 8 heteroatoms. The van der Waals surface area contributed by atoms with Gasteiger partial charge in [-0.25, -0.2) is 4.79 Å². The summed E-state index contributed by atoms with van der Waals surface area (Å²) in [7, 11) is 1.44. The molecule has 0 bridgehead atoms. The highest BCUT2D eigenvalue weighted by atomic mass is 19.4. The van der Waals surface area contributed by atoms with Crippen LogP contribution in [-0.4, -0.2) is 43.4 Å². The summed E-state index contributed by atoms with van der Waals surface area (Å²) in [6, 6.07) is 9.77. The standard InChI is InChI=1S/C11H13NO2.C2HF3O2/c1-14-10(13)11(7-12-8-11)9-5-3-2-4-6-9;3-2(4,5)1(6)7/h2-6,12H,7-8H2,1H3;(H,6,7). The average molecular weight is 305 g/mol. The summed E-state index contributed by atoms with van der Waals surface area (Å²) in [5.74, 6) is -2.91. The quantitative estimate of drug-likeness (QED) is 0.806. The van der Waals surface area contributed by atoms with Crippen molar-refractivity contribution in [1.82, 2.24) is 5.32 Å². The highest BCUT2D eigenvalue weighted by Crippen LogP contribution is 2.29. The van der Waals surface area contributed by atoms with Crippen molar-refractivity contribution in [3.63, 3.8) is 0 Å². The number of hydrogen-bond acceptors (Lipinski definition) is 4. The number of ether oxygens (including phenoxy) is 1. The first-order chi connectivity index (χ1) is 9.74. The van der Waals surface area contributed by atoms with Crippen LogP contribution in [0.25, 0.3) is 0 Å². The number of hydrogen-bond donors (Lipinski definition) is 2. The van der Waals surface area contributed by atoms with Crippen LogP contribution >= 0.6 is 0 Å². The van der Waals surface area contributed by atoms with Crippen LogP contribution in [0.2, 0.25) is 0 Å². The molecule has 1 heterocycles.